The fourth-order valence-electron chi connectivity index (χ4n) is 4.11. The Labute approximate surface area is 229 Å². The van der Waals surface area contributed by atoms with Gasteiger partial charge in [-0.1, -0.05) is 89.1 Å². The van der Waals surface area contributed by atoms with Gasteiger partial charge in [0.15, 0.2) is 0 Å². The molecule has 3 aromatic carbocycles. The Morgan fingerprint density at radius 2 is 1.50 bits per heavy atom. The van der Waals surface area contributed by atoms with E-state index in [1.54, 1.807) is 7.11 Å². The summed E-state index contributed by atoms with van der Waals surface area (Å²) >= 11 is 0. The molecule has 0 fully saturated rings. The van der Waals surface area contributed by atoms with Gasteiger partial charge in [0.05, 0.1) is 12.6 Å². The molecular weight excluding hydrogens is 470 g/mol. The third kappa shape index (κ3) is 8.72. The number of nitrogens with zero attached hydrogens (tertiary/aromatic N) is 1. The highest BCUT2D eigenvalue weighted by molar-refractivity contribution is 6.04. The molecule has 0 aliphatic heterocycles. The summed E-state index contributed by atoms with van der Waals surface area (Å²) in [7, 11) is 1.67. The van der Waals surface area contributed by atoms with Gasteiger partial charge in [-0.05, 0) is 68.1 Å². The normalized spacial score (nSPS) is 9.68. The number of ether oxygens (including phenoxy) is 1. The standard InChI is InChI=1S/C21H23NO2.C9H10O.2C2H6/c1-5-6-18-15(3)22(20-12-11-17(24-4)13-19(18)20)21(23)16-9-7-14(2)8-10-16;10-8-4-7-9-5-2-1-3-6-9;2*1-2/h7-13H,5-6H2,1-4H3;1-3,5-6,8H,4,7H2;2*1-2H3. The summed E-state index contributed by atoms with van der Waals surface area (Å²) in [4.78, 5) is 23.1. The van der Waals surface area contributed by atoms with Crippen molar-refractivity contribution in [2.24, 2.45) is 0 Å². The molecule has 38 heavy (non-hydrogen) atoms. The first-order chi connectivity index (χ1) is 18.5. The molecule has 1 aromatic heterocycles. The van der Waals surface area contributed by atoms with Gasteiger partial charge in [-0.2, -0.15) is 0 Å². The zero-order chi connectivity index (χ0) is 28.5. The van der Waals surface area contributed by atoms with Gasteiger partial charge in [0.2, 0.25) is 0 Å². The van der Waals surface area contributed by atoms with Crippen LogP contribution in [0.5, 0.6) is 5.75 Å². The maximum atomic E-state index is 13.1. The summed E-state index contributed by atoms with van der Waals surface area (Å²) in [5, 5.41) is 1.11. The lowest BCUT2D eigenvalue weighted by Gasteiger charge is -2.08. The average Bonchev–Trinajstić information content (AvgIpc) is 3.25. The zero-order valence-corrected chi connectivity index (χ0v) is 24.5. The number of aryl methyl sites for hydroxylation is 3. The molecule has 0 atom stereocenters. The summed E-state index contributed by atoms with van der Waals surface area (Å²) in [5.74, 6) is 0.838. The largest absolute Gasteiger partial charge is 0.497 e. The minimum Gasteiger partial charge on any atom is -0.497 e. The van der Waals surface area contributed by atoms with E-state index in [0.717, 1.165) is 53.5 Å². The van der Waals surface area contributed by atoms with Gasteiger partial charge in [-0.25, -0.2) is 0 Å². The van der Waals surface area contributed by atoms with E-state index in [-0.39, 0.29) is 5.91 Å². The molecule has 4 nitrogen and oxygen atoms in total. The molecule has 0 unspecified atom stereocenters. The molecule has 0 spiro atoms. The zero-order valence-electron chi connectivity index (χ0n) is 24.5. The molecule has 1 heterocycles. The Kier molecular flexibility index (Phi) is 15.1. The number of benzene rings is 3. The summed E-state index contributed by atoms with van der Waals surface area (Å²) in [6, 6.07) is 23.7. The van der Waals surface area contributed by atoms with Crippen LogP contribution in [0.1, 0.15) is 80.2 Å². The van der Waals surface area contributed by atoms with Crippen LogP contribution in [-0.2, 0) is 17.6 Å². The number of hydrogen-bond acceptors (Lipinski definition) is 3. The van der Waals surface area contributed by atoms with E-state index < -0.39 is 0 Å². The molecular formula is C34H45NO3. The molecule has 4 rings (SSSR count). The van der Waals surface area contributed by atoms with Crippen molar-refractivity contribution in [3.63, 3.8) is 0 Å². The maximum Gasteiger partial charge on any atom is 0.262 e. The van der Waals surface area contributed by atoms with Gasteiger partial charge in [0.25, 0.3) is 5.91 Å². The summed E-state index contributed by atoms with van der Waals surface area (Å²) in [6.45, 7) is 14.2. The van der Waals surface area contributed by atoms with E-state index in [4.69, 9.17) is 4.74 Å². The molecule has 0 aliphatic rings. The van der Waals surface area contributed by atoms with Crippen LogP contribution in [-0.4, -0.2) is 23.9 Å². The Hall–Kier alpha value is -3.66. The monoisotopic (exact) mass is 515 g/mol. The van der Waals surface area contributed by atoms with Crippen LogP contribution in [0.15, 0.2) is 72.8 Å². The molecule has 0 saturated heterocycles. The molecule has 0 saturated carbocycles. The Bertz CT molecular complexity index is 1240. The van der Waals surface area contributed by atoms with E-state index in [9.17, 15) is 9.59 Å². The number of aldehydes is 1. The first-order valence-corrected chi connectivity index (χ1v) is 13.8. The number of carbonyl (C=O) groups excluding carboxylic acids is 2. The van der Waals surface area contributed by atoms with Crippen LogP contribution in [0.4, 0.5) is 0 Å². The second-order valence-electron chi connectivity index (χ2n) is 8.39. The minimum absolute atomic E-state index is 0.0185. The molecule has 0 amide bonds. The molecule has 4 heteroatoms. The highest BCUT2D eigenvalue weighted by Crippen LogP contribution is 2.31. The third-order valence-corrected chi connectivity index (χ3v) is 5.94. The van der Waals surface area contributed by atoms with Gasteiger partial charge in [-0.15, -0.1) is 0 Å². The molecule has 0 bridgehead atoms. The molecule has 0 radical (unpaired) electrons. The lowest BCUT2D eigenvalue weighted by atomic mass is 10.1. The predicted molar refractivity (Wildman–Crippen MR) is 162 cm³/mol. The van der Waals surface area contributed by atoms with Crippen molar-refractivity contribution in [3.8, 4) is 5.75 Å². The van der Waals surface area contributed by atoms with Crippen LogP contribution < -0.4 is 4.74 Å². The average molecular weight is 516 g/mol. The molecule has 0 N–H and O–H groups in total. The minimum atomic E-state index is 0.0185. The summed E-state index contributed by atoms with van der Waals surface area (Å²) in [5.41, 5.74) is 6.28. The first-order valence-electron chi connectivity index (χ1n) is 13.8. The van der Waals surface area contributed by atoms with Crippen molar-refractivity contribution < 1.29 is 14.3 Å². The fraction of sp³-hybridized carbons (Fsp3) is 0.353. The predicted octanol–water partition coefficient (Wildman–Crippen LogP) is 8.78. The number of methoxy groups -OCH3 is 1. The Morgan fingerprint density at radius 3 is 2.05 bits per heavy atom. The lowest BCUT2D eigenvalue weighted by Crippen LogP contribution is -2.13. The van der Waals surface area contributed by atoms with Crippen LogP contribution in [0.3, 0.4) is 0 Å². The Balaban J connectivity index is 0.000000431. The maximum absolute atomic E-state index is 13.1. The number of aromatic nitrogens is 1. The quantitative estimate of drug-likeness (QED) is 0.231. The third-order valence-electron chi connectivity index (χ3n) is 5.94. The smallest absolute Gasteiger partial charge is 0.262 e. The van der Waals surface area contributed by atoms with Crippen LogP contribution >= 0.6 is 0 Å². The van der Waals surface area contributed by atoms with Gasteiger partial charge in [-0.3, -0.25) is 9.36 Å². The van der Waals surface area contributed by atoms with E-state index in [1.165, 1.54) is 11.1 Å². The number of rotatable bonds is 7. The van der Waals surface area contributed by atoms with Crippen LogP contribution in [0, 0.1) is 13.8 Å². The summed E-state index contributed by atoms with van der Waals surface area (Å²) in [6.07, 6.45) is 4.43. The number of fused-ring (bicyclic) bond motifs is 1. The van der Waals surface area contributed by atoms with Gasteiger partial charge >= 0.3 is 0 Å². The molecule has 4 aromatic rings. The van der Waals surface area contributed by atoms with E-state index >= 15 is 0 Å². The van der Waals surface area contributed by atoms with E-state index in [2.05, 4.69) is 6.92 Å². The van der Waals surface area contributed by atoms with Crippen LogP contribution in [0.2, 0.25) is 0 Å². The second kappa shape index (κ2) is 17.7. The first kappa shape index (κ1) is 32.4. The van der Waals surface area contributed by atoms with Crippen molar-refractivity contribution in [2.45, 2.75) is 74.1 Å². The molecule has 0 aliphatic carbocycles. The Morgan fingerprint density at radius 1 is 0.868 bits per heavy atom. The van der Waals surface area contributed by atoms with Crippen molar-refractivity contribution in [1.29, 1.82) is 0 Å². The van der Waals surface area contributed by atoms with Gasteiger partial charge in [0.1, 0.15) is 12.0 Å². The highest BCUT2D eigenvalue weighted by Gasteiger charge is 2.19. The highest BCUT2D eigenvalue weighted by atomic mass is 16.5. The van der Waals surface area contributed by atoms with Crippen molar-refractivity contribution in [1.82, 2.24) is 4.57 Å². The fourth-order valence-corrected chi connectivity index (χ4v) is 4.11. The van der Waals surface area contributed by atoms with E-state index in [0.29, 0.717) is 12.0 Å². The number of hydrogen-bond donors (Lipinski definition) is 0. The van der Waals surface area contributed by atoms with Crippen molar-refractivity contribution >= 4 is 23.1 Å². The second-order valence-corrected chi connectivity index (χ2v) is 8.39. The molecule has 204 valence electrons. The van der Waals surface area contributed by atoms with Crippen molar-refractivity contribution in [2.75, 3.05) is 7.11 Å². The summed E-state index contributed by atoms with van der Waals surface area (Å²) < 4.78 is 7.21. The number of carbonyl (C=O) groups is 2. The van der Waals surface area contributed by atoms with Crippen LogP contribution in [0.25, 0.3) is 10.9 Å². The van der Waals surface area contributed by atoms with Gasteiger partial charge < -0.3 is 9.53 Å². The lowest BCUT2D eigenvalue weighted by molar-refractivity contribution is -0.107. The van der Waals surface area contributed by atoms with Crippen molar-refractivity contribution in [3.05, 3.63) is 101 Å². The van der Waals surface area contributed by atoms with E-state index in [1.807, 2.05) is 119 Å². The topological polar surface area (TPSA) is 48.3 Å². The SMILES string of the molecule is CC.CC.CCCc1c(C)n(C(=O)c2ccc(C)cc2)c2ccc(OC)cc12.O=CCCc1ccccc1. The van der Waals surface area contributed by atoms with Gasteiger partial charge in [0, 0.05) is 23.1 Å².